The number of halogens is 1. The Labute approximate surface area is 76.7 Å². The van der Waals surface area contributed by atoms with Crippen molar-refractivity contribution in [3.8, 4) is 5.75 Å². The fraction of sp³-hybridized carbons (Fsp3) is 0.167. The maximum atomic E-state index is 5.51. The summed E-state index contributed by atoms with van der Waals surface area (Å²) in [6.45, 7) is 0. The molecule has 0 amide bonds. The van der Waals surface area contributed by atoms with Gasteiger partial charge in [0.1, 0.15) is 0 Å². The Hall–Kier alpha value is -0.163. The number of pyridine rings is 1. The Morgan fingerprint density at radius 1 is 1.70 bits per heavy atom. The molecule has 1 heterocycles. The summed E-state index contributed by atoms with van der Waals surface area (Å²) >= 11 is 5.51. The van der Waals surface area contributed by atoms with Crippen molar-refractivity contribution in [3.63, 3.8) is 0 Å². The van der Waals surface area contributed by atoms with Crippen LogP contribution in [0.3, 0.4) is 0 Å². The van der Waals surface area contributed by atoms with Crippen molar-refractivity contribution < 1.29 is 23.6 Å². The van der Waals surface area contributed by atoms with Crippen LogP contribution in [0, 0.1) is 6.07 Å². The molecule has 0 aromatic carbocycles. The van der Waals surface area contributed by atoms with Crippen LogP contribution < -0.4 is 23.6 Å². The van der Waals surface area contributed by atoms with Gasteiger partial charge in [-0.1, -0.05) is 17.8 Å². The van der Waals surface area contributed by atoms with E-state index < -0.39 is 0 Å². The molecule has 2 nitrogen and oxygen atoms in total. The van der Waals surface area contributed by atoms with Gasteiger partial charge in [0.05, 0.1) is 12.3 Å². The first-order valence-corrected chi connectivity index (χ1v) is 2.78. The summed E-state index contributed by atoms with van der Waals surface area (Å²) in [6, 6.07) is 4.34. The average Bonchev–Trinajstić information content (AvgIpc) is 1.88. The number of aromatic nitrogens is 1. The summed E-state index contributed by atoms with van der Waals surface area (Å²) in [7, 11) is 1.56. The molecular weight excluding hydrogens is 144 g/mol. The van der Waals surface area contributed by atoms with Gasteiger partial charge in [0.25, 0.3) is 0 Å². The number of nitrogens with zero attached hydrogens (tertiary/aromatic N) is 1. The van der Waals surface area contributed by atoms with Gasteiger partial charge in [-0.15, -0.1) is 6.07 Å². The fourth-order valence-electron chi connectivity index (χ4n) is 0.463. The number of hydrogen-bond acceptors (Lipinski definition) is 2. The molecule has 4 heteroatoms. The third-order valence-electron chi connectivity index (χ3n) is 0.865. The summed E-state index contributed by atoms with van der Waals surface area (Å²) in [4.78, 5) is 3.72. The molecule has 0 aliphatic heterocycles. The summed E-state index contributed by atoms with van der Waals surface area (Å²) in [5.41, 5.74) is 0. The fourth-order valence-corrected chi connectivity index (χ4v) is 0.610. The standard InChI is InChI=1S/C6H5ClNO.Li/c1-9-5-2-3-8-6(7)4-5;/h3-4H,1H3;/q-1;+1. The quantitative estimate of drug-likeness (QED) is 0.277. The minimum absolute atomic E-state index is 0. The predicted octanol–water partition coefficient (Wildman–Crippen LogP) is -1.45. The van der Waals surface area contributed by atoms with Crippen molar-refractivity contribution >= 4 is 11.6 Å². The van der Waals surface area contributed by atoms with Gasteiger partial charge in [0.2, 0.25) is 0 Å². The normalized spacial score (nSPS) is 8.20. The number of methoxy groups -OCH3 is 1. The van der Waals surface area contributed by atoms with E-state index in [0.29, 0.717) is 10.9 Å². The number of hydrogen-bond donors (Lipinski definition) is 0. The van der Waals surface area contributed by atoms with Crippen LogP contribution in [0.15, 0.2) is 12.3 Å². The van der Waals surface area contributed by atoms with Crippen molar-refractivity contribution in [1.82, 2.24) is 4.98 Å². The summed E-state index contributed by atoms with van der Waals surface area (Å²) in [5.74, 6) is 0.606. The SMILES string of the molecule is COc1[c-]cnc(Cl)c1.[Li+]. The molecule has 1 rings (SSSR count). The van der Waals surface area contributed by atoms with Crippen LogP contribution in [0.2, 0.25) is 5.15 Å². The second kappa shape index (κ2) is 4.62. The van der Waals surface area contributed by atoms with E-state index in [9.17, 15) is 0 Å². The van der Waals surface area contributed by atoms with Gasteiger partial charge in [0, 0.05) is 0 Å². The molecule has 0 aliphatic rings. The van der Waals surface area contributed by atoms with Crippen molar-refractivity contribution in [2.75, 3.05) is 7.11 Å². The molecular formula is C6H5ClLiNO. The van der Waals surface area contributed by atoms with E-state index in [0.717, 1.165) is 0 Å². The first-order valence-electron chi connectivity index (χ1n) is 2.40. The van der Waals surface area contributed by atoms with E-state index >= 15 is 0 Å². The van der Waals surface area contributed by atoms with E-state index in [1.54, 1.807) is 13.2 Å². The molecule has 0 atom stereocenters. The van der Waals surface area contributed by atoms with E-state index in [2.05, 4.69) is 11.1 Å². The molecule has 0 saturated carbocycles. The molecule has 0 spiro atoms. The number of ether oxygens (including phenoxy) is 1. The molecule has 0 fully saturated rings. The molecule has 48 valence electrons. The maximum absolute atomic E-state index is 5.51. The van der Waals surface area contributed by atoms with Gasteiger partial charge in [-0.05, 0) is 5.75 Å². The van der Waals surface area contributed by atoms with Crippen molar-refractivity contribution in [1.29, 1.82) is 0 Å². The summed E-state index contributed by atoms with van der Waals surface area (Å²) in [6.07, 6.45) is 1.47. The van der Waals surface area contributed by atoms with Gasteiger partial charge in [0.15, 0.2) is 0 Å². The van der Waals surface area contributed by atoms with Crippen LogP contribution in [0.4, 0.5) is 0 Å². The average molecular weight is 150 g/mol. The van der Waals surface area contributed by atoms with Crippen LogP contribution >= 0.6 is 11.6 Å². The number of rotatable bonds is 1. The molecule has 10 heavy (non-hydrogen) atoms. The second-order valence-corrected chi connectivity index (χ2v) is 1.83. The zero-order chi connectivity index (χ0) is 6.69. The molecule has 1 aromatic heterocycles. The maximum Gasteiger partial charge on any atom is 1.00 e. The second-order valence-electron chi connectivity index (χ2n) is 1.44. The molecule has 0 radical (unpaired) electrons. The van der Waals surface area contributed by atoms with Gasteiger partial charge in [-0.25, -0.2) is 0 Å². The predicted molar refractivity (Wildman–Crippen MR) is 34.6 cm³/mol. The Morgan fingerprint density at radius 3 is 2.80 bits per heavy atom. The van der Waals surface area contributed by atoms with Gasteiger partial charge in [-0.3, -0.25) is 4.98 Å². The Balaban J connectivity index is 0.000000810. The van der Waals surface area contributed by atoms with Crippen molar-refractivity contribution in [2.45, 2.75) is 0 Å². The third-order valence-corrected chi connectivity index (χ3v) is 1.07. The van der Waals surface area contributed by atoms with Crippen LogP contribution in [-0.4, -0.2) is 12.1 Å². The summed E-state index contributed by atoms with van der Waals surface area (Å²) < 4.78 is 4.81. The molecule has 0 unspecified atom stereocenters. The van der Waals surface area contributed by atoms with Crippen molar-refractivity contribution in [3.05, 3.63) is 23.5 Å². The monoisotopic (exact) mass is 149 g/mol. The van der Waals surface area contributed by atoms with Gasteiger partial charge < -0.3 is 4.74 Å². The Kier molecular flexibility index (Phi) is 4.55. The molecule has 0 N–H and O–H groups in total. The zero-order valence-corrected chi connectivity index (χ0v) is 6.64. The smallest absolute Gasteiger partial charge is 0.534 e. The van der Waals surface area contributed by atoms with E-state index in [1.165, 1.54) is 6.20 Å². The van der Waals surface area contributed by atoms with E-state index in [-0.39, 0.29) is 18.9 Å². The summed E-state index contributed by atoms with van der Waals surface area (Å²) in [5, 5.41) is 0.422. The molecule has 1 aromatic rings. The van der Waals surface area contributed by atoms with E-state index in [1.807, 2.05) is 0 Å². The van der Waals surface area contributed by atoms with Crippen LogP contribution in [0.1, 0.15) is 0 Å². The molecule has 0 aliphatic carbocycles. The van der Waals surface area contributed by atoms with Crippen molar-refractivity contribution in [2.24, 2.45) is 0 Å². The zero-order valence-electron chi connectivity index (χ0n) is 5.89. The first kappa shape index (κ1) is 9.84. The van der Waals surface area contributed by atoms with Crippen LogP contribution in [0.25, 0.3) is 0 Å². The van der Waals surface area contributed by atoms with Gasteiger partial charge >= 0.3 is 18.9 Å². The van der Waals surface area contributed by atoms with Crippen LogP contribution in [0.5, 0.6) is 5.75 Å². The minimum Gasteiger partial charge on any atom is -0.534 e. The third kappa shape index (κ3) is 2.61. The minimum atomic E-state index is 0. The molecule has 0 saturated heterocycles. The Bertz CT molecular complexity index is 207. The van der Waals surface area contributed by atoms with Gasteiger partial charge in [-0.2, -0.15) is 6.07 Å². The largest absolute Gasteiger partial charge is 1.00 e. The first-order chi connectivity index (χ1) is 4.33. The van der Waals surface area contributed by atoms with Crippen LogP contribution in [-0.2, 0) is 0 Å². The Morgan fingerprint density at radius 2 is 2.40 bits per heavy atom. The van der Waals surface area contributed by atoms with E-state index in [4.69, 9.17) is 16.3 Å². The topological polar surface area (TPSA) is 22.1 Å². The molecule has 0 bridgehead atoms.